The molecular formula is C15H26N2O4. The van der Waals surface area contributed by atoms with E-state index >= 15 is 0 Å². The summed E-state index contributed by atoms with van der Waals surface area (Å²) in [6.07, 6.45) is 7.56. The van der Waals surface area contributed by atoms with Crippen LogP contribution in [0.15, 0.2) is 0 Å². The molecule has 6 nitrogen and oxygen atoms in total. The number of hydrogen-bond acceptors (Lipinski definition) is 3. The number of nitrogens with one attached hydrogen (secondary N) is 1. The summed E-state index contributed by atoms with van der Waals surface area (Å²) in [6.45, 7) is 0.930. The number of rotatable bonds is 4. The Hall–Kier alpha value is -1.30. The molecule has 0 radical (unpaired) electrons. The molecule has 0 aromatic carbocycles. The Morgan fingerprint density at radius 2 is 2.05 bits per heavy atom. The lowest BCUT2D eigenvalue weighted by Gasteiger charge is -2.43. The van der Waals surface area contributed by atoms with Crippen molar-refractivity contribution in [2.45, 2.75) is 63.0 Å². The lowest BCUT2D eigenvalue weighted by Crippen LogP contribution is -2.51. The Morgan fingerprint density at radius 1 is 1.33 bits per heavy atom. The van der Waals surface area contributed by atoms with Crippen LogP contribution >= 0.6 is 0 Å². The molecule has 1 unspecified atom stereocenters. The highest BCUT2D eigenvalue weighted by atomic mass is 16.5. The summed E-state index contributed by atoms with van der Waals surface area (Å²) in [4.78, 5) is 24.1. The summed E-state index contributed by atoms with van der Waals surface area (Å²) in [5.41, 5.74) is -0.0336. The van der Waals surface area contributed by atoms with Crippen LogP contribution in [0.2, 0.25) is 0 Å². The zero-order chi connectivity index (χ0) is 15.3. The van der Waals surface area contributed by atoms with Crippen molar-refractivity contribution in [3.8, 4) is 0 Å². The van der Waals surface area contributed by atoms with Crippen LogP contribution in [-0.2, 0) is 9.53 Å². The fourth-order valence-corrected chi connectivity index (χ4v) is 3.35. The monoisotopic (exact) mass is 298 g/mol. The number of urea groups is 1. The minimum Gasteiger partial charge on any atom is -0.481 e. The van der Waals surface area contributed by atoms with Crippen molar-refractivity contribution in [2.24, 2.45) is 0 Å². The lowest BCUT2D eigenvalue weighted by molar-refractivity contribution is -0.137. The molecule has 2 rings (SSSR count). The van der Waals surface area contributed by atoms with Crippen molar-refractivity contribution in [2.75, 3.05) is 20.2 Å². The maximum Gasteiger partial charge on any atom is 0.317 e. The molecule has 1 saturated heterocycles. The number of nitrogens with zero attached hydrogens (tertiary/aromatic N) is 1. The molecule has 0 aromatic rings. The second kappa shape index (κ2) is 7.11. The number of aliphatic carboxylic acids is 1. The Morgan fingerprint density at radius 3 is 2.71 bits per heavy atom. The number of hydrogen-bond donors (Lipinski definition) is 2. The van der Waals surface area contributed by atoms with Gasteiger partial charge in [0.15, 0.2) is 0 Å². The van der Waals surface area contributed by atoms with E-state index in [1.165, 1.54) is 24.2 Å². The average molecular weight is 298 g/mol. The van der Waals surface area contributed by atoms with E-state index < -0.39 is 5.97 Å². The summed E-state index contributed by atoms with van der Waals surface area (Å²) < 4.78 is 6.02. The van der Waals surface area contributed by atoms with Gasteiger partial charge in [-0.25, -0.2) is 4.79 Å². The Labute approximate surface area is 125 Å². The van der Waals surface area contributed by atoms with Gasteiger partial charge < -0.3 is 20.1 Å². The van der Waals surface area contributed by atoms with Gasteiger partial charge in [-0.15, -0.1) is 0 Å². The lowest BCUT2D eigenvalue weighted by atomic mass is 9.78. The smallest absolute Gasteiger partial charge is 0.317 e. The molecule has 2 aliphatic rings. The van der Waals surface area contributed by atoms with Crippen molar-refractivity contribution < 1.29 is 19.4 Å². The second-order valence-corrected chi connectivity index (χ2v) is 6.30. The van der Waals surface area contributed by atoms with Crippen LogP contribution in [0.1, 0.15) is 51.4 Å². The third-order valence-electron chi connectivity index (χ3n) is 4.59. The Kier molecular flexibility index (Phi) is 5.45. The van der Waals surface area contributed by atoms with E-state index in [0.29, 0.717) is 6.61 Å². The van der Waals surface area contributed by atoms with E-state index in [-0.39, 0.29) is 30.6 Å². The molecule has 2 N–H and O–H groups in total. The van der Waals surface area contributed by atoms with Gasteiger partial charge in [0.25, 0.3) is 0 Å². The van der Waals surface area contributed by atoms with Gasteiger partial charge in [0.05, 0.1) is 12.0 Å². The molecule has 1 atom stereocenters. The van der Waals surface area contributed by atoms with E-state index in [0.717, 1.165) is 25.7 Å². The van der Waals surface area contributed by atoms with Gasteiger partial charge in [-0.05, 0) is 25.7 Å². The first kappa shape index (κ1) is 16.1. The van der Waals surface area contributed by atoms with E-state index in [1.807, 2.05) is 0 Å². The minimum absolute atomic E-state index is 0.0262. The number of carbonyl (C=O) groups is 2. The fraction of sp³-hybridized carbons (Fsp3) is 0.867. The predicted octanol–water partition coefficient (Wildman–Crippen LogP) is 1.98. The zero-order valence-corrected chi connectivity index (χ0v) is 12.8. The van der Waals surface area contributed by atoms with Crippen molar-refractivity contribution in [3.05, 3.63) is 0 Å². The van der Waals surface area contributed by atoms with E-state index in [2.05, 4.69) is 5.32 Å². The van der Waals surface area contributed by atoms with Gasteiger partial charge in [-0.1, -0.05) is 19.3 Å². The van der Waals surface area contributed by atoms with E-state index in [4.69, 9.17) is 9.84 Å². The van der Waals surface area contributed by atoms with E-state index in [1.54, 1.807) is 7.05 Å². The van der Waals surface area contributed by atoms with Crippen LogP contribution in [0.4, 0.5) is 4.79 Å². The molecule has 2 fully saturated rings. The van der Waals surface area contributed by atoms with Gasteiger partial charge in [0, 0.05) is 26.2 Å². The highest BCUT2D eigenvalue weighted by molar-refractivity contribution is 5.75. The largest absolute Gasteiger partial charge is 0.481 e. The van der Waals surface area contributed by atoms with Gasteiger partial charge in [-0.2, -0.15) is 0 Å². The van der Waals surface area contributed by atoms with Crippen LogP contribution in [0, 0.1) is 0 Å². The quantitative estimate of drug-likeness (QED) is 0.832. The molecule has 6 heteroatoms. The number of carboxylic acid groups (broad SMARTS) is 1. The normalized spacial score (nSPS) is 24.5. The van der Waals surface area contributed by atoms with Crippen LogP contribution in [0.5, 0.6) is 0 Å². The maximum absolute atomic E-state index is 12.1. The number of carbonyl (C=O) groups excluding carboxylic acids is 1. The molecule has 21 heavy (non-hydrogen) atoms. The Balaban J connectivity index is 1.81. The van der Waals surface area contributed by atoms with Crippen molar-refractivity contribution in [1.82, 2.24) is 10.2 Å². The van der Waals surface area contributed by atoms with Crippen molar-refractivity contribution >= 4 is 12.0 Å². The number of carboxylic acids is 1. The first-order valence-corrected chi connectivity index (χ1v) is 7.88. The van der Waals surface area contributed by atoms with Crippen LogP contribution < -0.4 is 5.32 Å². The molecule has 1 aliphatic carbocycles. The van der Waals surface area contributed by atoms with Gasteiger partial charge in [0.2, 0.25) is 0 Å². The van der Waals surface area contributed by atoms with Gasteiger partial charge >= 0.3 is 12.0 Å². The molecule has 120 valence electrons. The number of ether oxygens (including phenoxy) is 1. The molecule has 1 heterocycles. The third kappa shape index (κ3) is 4.59. The molecule has 0 aromatic heterocycles. The third-order valence-corrected chi connectivity index (χ3v) is 4.59. The molecule has 2 amide bonds. The van der Waals surface area contributed by atoms with Crippen LogP contribution in [0.25, 0.3) is 0 Å². The topological polar surface area (TPSA) is 78.9 Å². The van der Waals surface area contributed by atoms with Crippen LogP contribution in [-0.4, -0.2) is 53.8 Å². The minimum atomic E-state index is -0.887. The standard InChI is InChI=1S/C15H26N2O4/c1-17(9-5-13(18)19)14(20)16-12-6-10-21-15(11-12)7-3-2-4-8-15/h12H,2-11H2,1H3,(H,16,20)(H,18,19). The van der Waals surface area contributed by atoms with Crippen molar-refractivity contribution in [3.63, 3.8) is 0 Å². The Bertz CT molecular complexity index is 374. The highest BCUT2D eigenvalue weighted by Crippen LogP contribution is 2.38. The summed E-state index contributed by atoms with van der Waals surface area (Å²) in [6, 6.07) is -0.0502. The average Bonchev–Trinajstić information content (AvgIpc) is 2.45. The first-order valence-electron chi connectivity index (χ1n) is 7.88. The van der Waals surface area contributed by atoms with Gasteiger partial charge in [-0.3, -0.25) is 4.79 Å². The molecule has 1 aliphatic heterocycles. The first-order chi connectivity index (χ1) is 10.0. The molecule has 1 spiro atoms. The van der Waals surface area contributed by atoms with Crippen LogP contribution in [0.3, 0.4) is 0 Å². The summed E-state index contributed by atoms with van der Waals surface area (Å²) in [5, 5.41) is 11.7. The molecule has 0 bridgehead atoms. The zero-order valence-electron chi connectivity index (χ0n) is 12.8. The summed E-state index contributed by atoms with van der Waals surface area (Å²) >= 11 is 0. The van der Waals surface area contributed by atoms with E-state index in [9.17, 15) is 9.59 Å². The highest BCUT2D eigenvalue weighted by Gasteiger charge is 2.39. The predicted molar refractivity (Wildman–Crippen MR) is 78.2 cm³/mol. The second-order valence-electron chi connectivity index (χ2n) is 6.30. The summed E-state index contributed by atoms with van der Waals surface area (Å²) in [5.74, 6) is -0.887. The molecular weight excluding hydrogens is 272 g/mol. The van der Waals surface area contributed by atoms with Gasteiger partial charge in [0.1, 0.15) is 0 Å². The summed E-state index contributed by atoms with van der Waals surface area (Å²) in [7, 11) is 1.63. The number of amides is 2. The maximum atomic E-state index is 12.1. The SMILES string of the molecule is CN(CCC(=O)O)C(=O)NC1CCOC2(CCCCC2)C1. The molecule has 1 saturated carbocycles. The fourth-order valence-electron chi connectivity index (χ4n) is 3.35. The van der Waals surface area contributed by atoms with Crippen molar-refractivity contribution in [1.29, 1.82) is 0 Å².